The van der Waals surface area contributed by atoms with Crippen molar-refractivity contribution in [2.24, 2.45) is 11.5 Å². The predicted octanol–water partition coefficient (Wildman–Crippen LogP) is 1.50. The van der Waals surface area contributed by atoms with Gasteiger partial charge in [-0.2, -0.15) is 0 Å². The highest BCUT2D eigenvalue weighted by Gasteiger charge is 2.14. The standard InChI is InChI=1S/C11H14Cl2N2O3/c1-17-10-3-7(12)6(2-8(10)13)9(14)4-18-5-11(15)16/h2-3,9H,4-5,14H2,1H3,(H2,15,16). The lowest BCUT2D eigenvalue weighted by Gasteiger charge is -2.15. The highest BCUT2D eigenvalue weighted by Crippen LogP contribution is 2.33. The Labute approximate surface area is 115 Å². The number of rotatable bonds is 6. The van der Waals surface area contributed by atoms with E-state index >= 15 is 0 Å². The summed E-state index contributed by atoms with van der Waals surface area (Å²) in [5.41, 5.74) is 11.4. The summed E-state index contributed by atoms with van der Waals surface area (Å²) in [7, 11) is 1.49. The molecule has 0 heterocycles. The number of ether oxygens (including phenoxy) is 2. The maximum atomic E-state index is 10.5. The van der Waals surface area contributed by atoms with Crippen molar-refractivity contribution in [1.82, 2.24) is 0 Å². The number of nitrogens with two attached hydrogens (primary N) is 2. The second kappa shape index (κ2) is 6.80. The first-order valence-corrected chi connectivity index (χ1v) is 5.85. The Bertz CT molecular complexity index is 441. The molecule has 0 aliphatic heterocycles. The number of amides is 1. The monoisotopic (exact) mass is 292 g/mol. The van der Waals surface area contributed by atoms with Gasteiger partial charge in [0, 0.05) is 11.1 Å². The Hall–Kier alpha value is -1.01. The molecule has 0 fully saturated rings. The number of benzene rings is 1. The van der Waals surface area contributed by atoms with Crippen LogP contribution in [0, 0.1) is 0 Å². The molecule has 0 aliphatic rings. The molecule has 1 rings (SSSR count). The maximum absolute atomic E-state index is 10.5. The van der Waals surface area contributed by atoms with Gasteiger partial charge in [-0.05, 0) is 11.6 Å². The summed E-state index contributed by atoms with van der Waals surface area (Å²) in [4.78, 5) is 10.5. The van der Waals surface area contributed by atoms with Gasteiger partial charge in [0.2, 0.25) is 5.91 Å². The molecule has 4 N–H and O–H groups in total. The van der Waals surface area contributed by atoms with Crippen LogP contribution in [0.2, 0.25) is 10.0 Å². The molecule has 0 aromatic heterocycles. The largest absolute Gasteiger partial charge is 0.495 e. The quantitative estimate of drug-likeness (QED) is 0.832. The second-order valence-electron chi connectivity index (χ2n) is 3.60. The number of hydrogen-bond donors (Lipinski definition) is 2. The van der Waals surface area contributed by atoms with Crippen molar-refractivity contribution < 1.29 is 14.3 Å². The number of methoxy groups -OCH3 is 1. The number of primary amides is 1. The van der Waals surface area contributed by atoms with Crippen LogP contribution in [0.3, 0.4) is 0 Å². The molecular weight excluding hydrogens is 279 g/mol. The van der Waals surface area contributed by atoms with Crippen molar-refractivity contribution in [3.8, 4) is 5.75 Å². The summed E-state index contributed by atoms with van der Waals surface area (Å²) < 4.78 is 10.1. The van der Waals surface area contributed by atoms with Gasteiger partial charge in [0.1, 0.15) is 12.4 Å². The van der Waals surface area contributed by atoms with E-state index in [0.29, 0.717) is 21.4 Å². The molecule has 7 heteroatoms. The third-order valence-corrected chi connectivity index (χ3v) is 2.84. The van der Waals surface area contributed by atoms with Crippen molar-refractivity contribution in [3.05, 3.63) is 27.7 Å². The van der Waals surface area contributed by atoms with Gasteiger partial charge in [0.15, 0.2) is 0 Å². The summed E-state index contributed by atoms with van der Waals surface area (Å²) in [6.07, 6.45) is 0. The van der Waals surface area contributed by atoms with Crippen LogP contribution >= 0.6 is 23.2 Å². The third-order valence-electron chi connectivity index (χ3n) is 2.21. The van der Waals surface area contributed by atoms with Crippen LogP contribution in [0.15, 0.2) is 12.1 Å². The molecule has 100 valence electrons. The molecule has 0 radical (unpaired) electrons. The molecule has 1 amide bonds. The topological polar surface area (TPSA) is 87.6 Å². The van der Waals surface area contributed by atoms with Crippen LogP contribution in [-0.4, -0.2) is 26.2 Å². The van der Waals surface area contributed by atoms with E-state index in [9.17, 15) is 4.79 Å². The van der Waals surface area contributed by atoms with Crippen LogP contribution in [0.4, 0.5) is 0 Å². The van der Waals surface area contributed by atoms with Crippen molar-refractivity contribution in [1.29, 1.82) is 0 Å². The highest BCUT2D eigenvalue weighted by molar-refractivity contribution is 6.34. The van der Waals surface area contributed by atoms with Crippen LogP contribution in [0.5, 0.6) is 5.75 Å². The lowest BCUT2D eigenvalue weighted by Crippen LogP contribution is -2.23. The van der Waals surface area contributed by atoms with Gasteiger partial charge in [-0.3, -0.25) is 4.79 Å². The summed E-state index contributed by atoms with van der Waals surface area (Å²) in [6, 6.07) is 2.69. The number of carbonyl (C=O) groups excluding carboxylic acids is 1. The molecule has 18 heavy (non-hydrogen) atoms. The van der Waals surface area contributed by atoms with E-state index in [1.807, 2.05) is 0 Å². The first-order chi connectivity index (χ1) is 8.45. The smallest absolute Gasteiger partial charge is 0.243 e. The number of hydrogen-bond acceptors (Lipinski definition) is 4. The van der Waals surface area contributed by atoms with E-state index in [1.54, 1.807) is 12.1 Å². The van der Waals surface area contributed by atoms with Crippen molar-refractivity contribution >= 4 is 29.1 Å². The van der Waals surface area contributed by atoms with Crippen molar-refractivity contribution in [3.63, 3.8) is 0 Å². The van der Waals surface area contributed by atoms with Gasteiger partial charge in [-0.25, -0.2) is 0 Å². The minimum Gasteiger partial charge on any atom is -0.495 e. The minimum atomic E-state index is -0.555. The fraction of sp³-hybridized carbons (Fsp3) is 0.364. The van der Waals surface area contributed by atoms with E-state index in [1.165, 1.54) is 7.11 Å². The number of carbonyl (C=O) groups is 1. The molecule has 1 aromatic rings. The molecule has 0 aliphatic carbocycles. The molecule has 1 unspecified atom stereocenters. The van der Waals surface area contributed by atoms with Gasteiger partial charge in [-0.1, -0.05) is 23.2 Å². The normalized spacial score (nSPS) is 12.2. The van der Waals surface area contributed by atoms with Crippen LogP contribution in [-0.2, 0) is 9.53 Å². The Morgan fingerprint density at radius 2 is 2.06 bits per heavy atom. The van der Waals surface area contributed by atoms with Crippen LogP contribution < -0.4 is 16.2 Å². The van der Waals surface area contributed by atoms with E-state index < -0.39 is 11.9 Å². The zero-order valence-corrected chi connectivity index (χ0v) is 11.3. The van der Waals surface area contributed by atoms with Gasteiger partial charge in [-0.15, -0.1) is 0 Å². The second-order valence-corrected chi connectivity index (χ2v) is 4.41. The zero-order chi connectivity index (χ0) is 13.7. The van der Waals surface area contributed by atoms with Gasteiger partial charge < -0.3 is 20.9 Å². The maximum Gasteiger partial charge on any atom is 0.243 e. The van der Waals surface area contributed by atoms with Gasteiger partial charge in [0.25, 0.3) is 0 Å². The fourth-order valence-corrected chi connectivity index (χ4v) is 1.90. The SMILES string of the molecule is COc1cc(Cl)c(C(N)COCC(N)=O)cc1Cl. The van der Waals surface area contributed by atoms with Crippen LogP contribution in [0.25, 0.3) is 0 Å². The Balaban J connectivity index is 2.76. The van der Waals surface area contributed by atoms with Crippen molar-refractivity contribution in [2.45, 2.75) is 6.04 Å². The fourth-order valence-electron chi connectivity index (χ4n) is 1.36. The van der Waals surface area contributed by atoms with E-state index in [2.05, 4.69) is 0 Å². The summed E-state index contributed by atoms with van der Waals surface area (Å²) >= 11 is 12.0. The Morgan fingerprint density at radius 3 is 2.61 bits per heavy atom. The van der Waals surface area contributed by atoms with Gasteiger partial charge in [0.05, 0.1) is 24.8 Å². The van der Waals surface area contributed by atoms with Crippen LogP contribution in [0.1, 0.15) is 11.6 Å². The predicted molar refractivity (Wildman–Crippen MR) is 70.0 cm³/mol. The molecule has 0 bridgehead atoms. The Kier molecular flexibility index (Phi) is 5.68. The summed E-state index contributed by atoms with van der Waals surface area (Å²) in [5.74, 6) is -0.0864. The molecular formula is C11H14Cl2N2O3. The molecule has 0 saturated heterocycles. The first kappa shape index (κ1) is 15.0. The molecule has 0 saturated carbocycles. The molecule has 5 nitrogen and oxygen atoms in total. The average Bonchev–Trinajstić information content (AvgIpc) is 2.30. The Morgan fingerprint density at radius 1 is 1.39 bits per heavy atom. The van der Waals surface area contributed by atoms with Gasteiger partial charge >= 0.3 is 0 Å². The summed E-state index contributed by atoms with van der Waals surface area (Å²) in [5, 5.41) is 0.827. The number of halogens is 2. The van der Waals surface area contributed by atoms with E-state index in [-0.39, 0.29) is 13.2 Å². The molecule has 0 spiro atoms. The lowest BCUT2D eigenvalue weighted by molar-refractivity contribution is -0.122. The molecule has 1 aromatic carbocycles. The average molecular weight is 293 g/mol. The third kappa shape index (κ3) is 4.03. The highest BCUT2D eigenvalue weighted by atomic mass is 35.5. The first-order valence-electron chi connectivity index (χ1n) is 5.10. The lowest BCUT2D eigenvalue weighted by atomic mass is 10.1. The van der Waals surface area contributed by atoms with E-state index in [4.69, 9.17) is 44.1 Å². The van der Waals surface area contributed by atoms with E-state index in [0.717, 1.165) is 0 Å². The van der Waals surface area contributed by atoms with Crippen molar-refractivity contribution in [2.75, 3.05) is 20.3 Å². The summed E-state index contributed by atoms with van der Waals surface area (Å²) in [6.45, 7) is -0.0689. The zero-order valence-electron chi connectivity index (χ0n) is 9.78. The molecule has 1 atom stereocenters. The minimum absolute atomic E-state index is 0.116.